The van der Waals surface area contributed by atoms with Gasteiger partial charge in [-0.15, -0.1) is 0 Å². The number of amides is 2. The molecule has 4 aromatic rings. The third-order valence-corrected chi connectivity index (χ3v) is 5.78. The number of benzene rings is 2. The molecule has 2 amide bonds. The van der Waals surface area contributed by atoms with E-state index in [2.05, 4.69) is 19.8 Å². The van der Waals surface area contributed by atoms with E-state index in [0.29, 0.717) is 34.5 Å². The lowest BCUT2D eigenvalue weighted by Gasteiger charge is -2.11. The second kappa shape index (κ2) is 7.14. The van der Waals surface area contributed by atoms with Gasteiger partial charge in [0.15, 0.2) is 0 Å². The van der Waals surface area contributed by atoms with Crippen LogP contribution in [0.3, 0.4) is 0 Å². The van der Waals surface area contributed by atoms with Gasteiger partial charge in [-0.3, -0.25) is 14.9 Å². The molecule has 0 unspecified atom stereocenters. The fraction of sp³-hybridized carbons (Fsp3) is 0.167. The summed E-state index contributed by atoms with van der Waals surface area (Å²) in [6, 6.07) is 13.4. The van der Waals surface area contributed by atoms with Crippen molar-refractivity contribution in [2.75, 3.05) is 26.4 Å². The van der Waals surface area contributed by atoms with Gasteiger partial charge in [-0.25, -0.2) is 0 Å². The highest BCUT2D eigenvalue weighted by Crippen LogP contribution is 2.39. The molecule has 2 aromatic heterocycles. The van der Waals surface area contributed by atoms with E-state index in [1.54, 1.807) is 6.20 Å². The van der Waals surface area contributed by atoms with Crippen LogP contribution in [-0.4, -0.2) is 46.9 Å². The van der Waals surface area contributed by atoms with Crippen LogP contribution in [0.25, 0.3) is 33.0 Å². The minimum absolute atomic E-state index is 0.383. The molecule has 1 aliphatic heterocycles. The summed E-state index contributed by atoms with van der Waals surface area (Å²) in [5, 5.41) is 4.25. The number of carbonyl (C=O) groups excluding carboxylic acids is 2. The number of rotatable bonds is 5. The molecule has 0 fully saturated rings. The number of hydrogen-bond acceptors (Lipinski definition) is 4. The molecule has 0 bridgehead atoms. The van der Waals surface area contributed by atoms with Crippen molar-refractivity contribution in [1.82, 2.24) is 19.8 Å². The summed E-state index contributed by atoms with van der Waals surface area (Å²) in [5.41, 5.74) is 10.9. The van der Waals surface area contributed by atoms with E-state index in [0.717, 1.165) is 28.4 Å². The fourth-order valence-corrected chi connectivity index (χ4v) is 4.32. The Hall–Kier alpha value is -3.84. The highest BCUT2D eigenvalue weighted by molar-refractivity contribution is 6.50. The zero-order chi connectivity index (χ0) is 21.7. The lowest BCUT2D eigenvalue weighted by Crippen LogP contribution is -2.22. The minimum Gasteiger partial charge on any atom is -0.397 e. The van der Waals surface area contributed by atoms with Gasteiger partial charge in [-0.2, -0.15) is 0 Å². The molecule has 5 rings (SSSR count). The maximum atomic E-state index is 13.0. The first kappa shape index (κ1) is 19.1. The Labute approximate surface area is 179 Å². The standard InChI is InChI=1S/C24H23N5O2/c1-28(2)10-11-29-13-17(15-7-5-8-18(25)22(15)29)21-20(23(30)27-24(21)31)16-12-26-19-9-4-3-6-14(16)19/h3-9,12-13,26H,10-11,25H2,1-2H3,(H,27,30,31). The maximum absolute atomic E-state index is 13.0. The van der Waals surface area contributed by atoms with Crippen LogP contribution in [0.1, 0.15) is 11.1 Å². The number of likely N-dealkylation sites (N-methyl/N-ethyl adjacent to an activating group) is 1. The fourth-order valence-electron chi connectivity index (χ4n) is 4.32. The van der Waals surface area contributed by atoms with Crippen LogP contribution in [0, 0.1) is 0 Å². The Bertz CT molecular complexity index is 1390. The maximum Gasteiger partial charge on any atom is 0.259 e. The van der Waals surface area contributed by atoms with Crippen LogP contribution >= 0.6 is 0 Å². The van der Waals surface area contributed by atoms with E-state index in [1.165, 1.54) is 0 Å². The molecule has 2 aromatic carbocycles. The summed E-state index contributed by atoms with van der Waals surface area (Å²) in [6.45, 7) is 1.53. The second-order valence-electron chi connectivity index (χ2n) is 8.06. The molecule has 4 N–H and O–H groups in total. The monoisotopic (exact) mass is 413 g/mol. The van der Waals surface area contributed by atoms with Crippen LogP contribution < -0.4 is 11.1 Å². The molecule has 0 atom stereocenters. The first-order chi connectivity index (χ1) is 15.0. The number of H-pyrrole nitrogens is 1. The summed E-state index contributed by atoms with van der Waals surface area (Å²) in [6.07, 6.45) is 3.73. The molecule has 31 heavy (non-hydrogen) atoms. The van der Waals surface area contributed by atoms with Crippen molar-refractivity contribution in [2.24, 2.45) is 0 Å². The van der Waals surface area contributed by atoms with Crippen molar-refractivity contribution in [3.8, 4) is 0 Å². The first-order valence-corrected chi connectivity index (χ1v) is 10.1. The molecule has 0 spiro atoms. The number of nitrogens with zero attached hydrogens (tertiary/aromatic N) is 2. The van der Waals surface area contributed by atoms with Crippen molar-refractivity contribution in [2.45, 2.75) is 6.54 Å². The number of para-hydroxylation sites is 2. The lowest BCUT2D eigenvalue weighted by molar-refractivity contribution is -0.122. The van der Waals surface area contributed by atoms with Crippen LogP contribution in [-0.2, 0) is 16.1 Å². The molecular weight excluding hydrogens is 390 g/mol. The van der Waals surface area contributed by atoms with E-state index in [4.69, 9.17) is 5.73 Å². The van der Waals surface area contributed by atoms with Gasteiger partial charge in [0, 0.05) is 52.9 Å². The zero-order valence-electron chi connectivity index (χ0n) is 17.4. The number of carbonyl (C=O) groups is 2. The quantitative estimate of drug-likeness (QED) is 0.346. The number of nitrogens with one attached hydrogen (secondary N) is 2. The number of fused-ring (bicyclic) bond motifs is 2. The molecule has 156 valence electrons. The van der Waals surface area contributed by atoms with E-state index < -0.39 is 0 Å². The number of imide groups is 1. The van der Waals surface area contributed by atoms with Crippen molar-refractivity contribution >= 4 is 50.5 Å². The van der Waals surface area contributed by atoms with Gasteiger partial charge < -0.3 is 20.2 Å². The number of anilines is 1. The average Bonchev–Trinajstić information content (AvgIpc) is 3.40. The molecule has 7 nitrogen and oxygen atoms in total. The van der Waals surface area contributed by atoms with Gasteiger partial charge >= 0.3 is 0 Å². The third kappa shape index (κ3) is 3.02. The number of nitrogen functional groups attached to an aromatic ring is 1. The lowest BCUT2D eigenvalue weighted by atomic mass is 9.95. The third-order valence-electron chi connectivity index (χ3n) is 5.78. The Kier molecular flexibility index (Phi) is 4.41. The van der Waals surface area contributed by atoms with Crippen molar-refractivity contribution in [3.05, 3.63) is 66.0 Å². The number of nitrogens with two attached hydrogens (primary N) is 1. The smallest absolute Gasteiger partial charge is 0.259 e. The van der Waals surface area contributed by atoms with E-state index >= 15 is 0 Å². The SMILES string of the molecule is CN(C)CCn1cc(C2=C(c3c[nH]c4ccccc34)C(=O)NC2=O)c2cccc(N)c21. The highest BCUT2D eigenvalue weighted by atomic mass is 16.2. The second-order valence-corrected chi connectivity index (χ2v) is 8.06. The first-order valence-electron chi connectivity index (χ1n) is 10.1. The number of aromatic amines is 1. The normalized spacial score (nSPS) is 14.4. The molecular formula is C24H23N5O2. The molecule has 3 heterocycles. The van der Waals surface area contributed by atoms with Crippen molar-refractivity contribution in [3.63, 3.8) is 0 Å². The summed E-state index contributed by atoms with van der Waals surface area (Å²) in [7, 11) is 4.02. The minimum atomic E-state index is -0.389. The van der Waals surface area contributed by atoms with Gasteiger partial charge in [-0.1, -0.05) is 30.3 Å². The summed E-state index contributed by atoms with van der Waals surface area (Å²) in [5.74, 6) is -0.776. The topological polar surface area (TPSA) is 96.1 Å². The molecule has 0 radical (unpaired) electrons. The van der Waals surface area contributed by atoms with Crippen LogP contribution in [0.2, 0.25) is 0 Å². The van der Waals surface area contributed by atoms with Gasteiger partial charge in [0.25, 0.3) is 11.8 Å². The predicted octanol–water partition coefficient (Wildman–Crippen LogP) is 2.83. The largest absolute Gasteiger partial charge is 0.397 e. The Morgan fingerprint density at radius 1 is 0.935 bits per heavy atom. The van der Waals surface area contributed by atoms with E-state index in [-0.39, 0.29) is 11.8 Å². The molecule has 1 aliphatic rings. The van der Waals surface area contributed by atoms with Gasteiger partial charge in [-0.05, 0) is 26.2 Å². The Morgan fingerprint density at radius 3 is 2.42 bits per heavy atom. The van der Waals surface area contributed by atoms with Gasteiger partial charge in [0.2, 0.25) is 0 Å². The molecule has 7 heteroatoms. The predicted molar refractivity (Wildman–Crippen MR) is 123 cm³/mol. The summed E-state index contributed by atoms with van der Waals surface area (Å²) in [4.78, 5) is 31.2. The number of hydrogen-bond donors (Lipinski definition) is 3. The van der Waals surface area contributed by atoms with E-state index in [9.17, 15) is 9.59 Å². The molecule has 0 saturated carbocycles. The van der Waals surface area contributed by atoms with Crippen LogP contribution in [0.15, 0.2) is 54.9 Å². The van der Waals surface area contributed by atoms with Gasteiger partial charge in [0.05, 0.1) is 22.4 Å². The van der Waals surface area contributed by atoms with Crippen LogP contribution in [0.5, 0.6) is 0 Å². The average molecular weight is 413 g/mol. The van der Waals surface area contributed by atoms with E-state index in [1.807, 2.05) is 62.8 Å². The zero-order valence-corrected chi connectivity index (χ0v) is 17.4. The van der Waals surface area contributed by atoms with Crippen LogP contribution in [0.4, 0.5) is 5.69 Å². The Morgan fingerprint density at radius 2 is 1.65 bits per heavy atom. The van der Waals surface area contributed by atoms with Crippen molar-refractivity contribution in [1.29, 1.82) is 0 Å². The Balaban J connectivity index is 1.78. The number of aromatic nitrogens is 2. The molecule has 0 saturated heterocycles. The summed E-state index contributed by atoms with van der Waals surface area (Å²) >= 11 is 0. The van der Waals surface area contributed by atoms with Crippen molar-refractivity contribution < 1.29 is 9.59 Å². The molecule has 0 aliphatic carbocycles. The highest BCUT2D eigenvalue weighted by Gasteiger charge is 2.35. The van der Waals surface area contributed by atoms with Gasteiger partial charge in [0.1, 0.15) is 0 Å². The summed E-state index contributed by atoms with van der Waals surface area (Å²) < 4.78 is 2.07.